The molecule has 0 aliphatic carbocycles. The minimum absolute atomic E-state index is 0.0999. The highest BCUT2D eigenvalue weighted by molar-refractivity contribution is 5.97. The number of carbonyl (C=O) groups is 2. The van der Waals surface area contributed by atoms with E-state index >= 15 is 0 Å². The summed E-state index contributed by atoms with van der Waals surface area (Å²) < 4.78 is 21.0. The third-order valence-electron chi connectivity index (χ3n) is 3.96. The fourth-order valence-electron chi connectivity index (χ4n) is 2.41. The van der Waals surface area contributed by atoms with Gasteiger partial charge in [-0.1, -0.05) is 0 Å². The van der Waals surface area contributed by atoms with Crippen molar-refractivity contribution in [1.29, 1.82) is 0 Å². The van der Waals surface area contributed by atoms with Gasteiger partial charge in [-0.3, -0.25) is 30.6 Å². The lowest BCUT2D eigenvalue weighted by molar-refractivity contribution is -0.384. The number of carbonyl (C=O) groups excluding carboxylic acids is 2. The molecule has 0 bridgehead atoms. The van der Waals surface area contributed by atoms with E-state index in [1.54, 1.807) is 0 Å². The quantitative estimate of drug-likeness (QED) is 0.488. The first-order valence-corrected chi connectivity index (χ1v) is 8.62. The third kappa shape index (κ3) is 5.28. The Morgan fingerprint density at radius 3 is 2.00 bits per heavy atom. The topological polar surface area (TPSA) is 138 Å². The average Bonchev–Trinajstić information content (AvgIpc) is 2.76. The van der Waals surface area contributed by atoms with E-state index in [-0.39, 0.29) is 28.5 Å². The third-order valence-corrected chi connectivity index (χ3v) is 3.96. The van der Waals surface area contributed by atoms with Gasteiger partial charge in [0.1, 0.15) is 5.75 Å². The van der Waals surface area contributed by atoms with Crippen LogP contribution < -0.4 is 29.8 Å². The van der Waals surface area contributed by atoms with Crippen molar-refractivity contribution in [3.8, 4) is 23.0 Å². The molecule has 0 heterocycles. The number of rotatable bonds is 8. The molecule has 0 fully saturated rings. The number of nitrogens with one attached hydrogen (secondary N) is 2. The Hall–Kier alpha value is -4.02. The highest BCUT2D eigenvalue weighted by atomic mass is 16.6. The summed E-state index contributed by atoms with van der Waals surface area (Å²) in [5, 5.41) is 10.7. The minimum Gasteiger partial charge on any atom is -0.493 e. The standard InChI is InChI=1S/C19H21N3O8/c1-11(30-14-7-5-13(6-8-14)22(25)26)18(23)20-21-19(24)12-9-15(27-2)17(29-4)16(10-12)28-3/h5-11H,1-4H3,(H,20,23)(H,21,24). The molecule has 0 saturated heterocycles. The van der Waals surface area contributed by atoms with Gasteiger partial charge in [0.05, 0.1) is 26.3 Å². The molecule has 2 aromatic rings. The Morgan fingerprint density at radius 2 is 1.53 bits per heavy atom. The second-order valence-electron chi connectivity index (χ2n) is 5.87. The van der Waals surface area contributed by atoms with Gasteiger partial charge in [-0.05, 0) is 31.2 Å². The van der Waals surface area contributed by atoms with Crippen molar-refractivity contribution in [2.24, 2.45) is 0 Å². The summed E-state index contributed by atoms with van der Waals surface area (Å²) in [5.74, 6) is -0.101. The van der Waals surface area contributed by atoms with Crippen LogP contribution in [-0.2, 0) is 4.79 Å². The first-order valence-electron chi connectivity index (χ1n) is 8.62. The molecule has 2 amide bonds. The molecule has 1 atom stereocenters. The van der Waals surface area contributed by atoms with Crippen LogP contribution in [0.15, 0.2) is 36.4 Å². The minimum atomic E-state index is -0.980. The van der Waals surface area contributed by atoms with E-state index in [9.17, 15) is 19.7 Å². The molecule has 2 N–H and O–H groups in total. The van der Waals surface area contributed by atoms with Gasteiger partial charge >= 0.3 is 0 Å². The first kappa shape index (κ1) is 22.3. The molecule has 0 spiro atoms. The molecule has 0 aliphatic rings. The second kappa shape index (κ2) is 9.96. The van der Waals surface area contributed by atoms with E-state index < -0.39 is 22.8 Å². The number of benzene rings is 2. The van der Waals surface area contributed by atoms with E-state index in [2.05, 4.69) is 10.9 Å². The van der Waals surface area contributed by atoms with Crippen LogP contribution in [0.25, 0.3) is 0 Å². The maximum absolute atomic E-state index is 12.4. The van der Waals surface area contributed by atoms with Crippen LogP contribution in [0.3, 0.4) is 0 Å². The molecule has 30 heavy (non-hydrogen) atoms. The number of nitro benzene ring substituents is 1. The largest absolute Gasteiger partial charge is 0.493 e. The zero-order valence-corrected chi connectivity index (χ0v) is 16.8. The lowest BCUT2D eigenvalue weighted by Gasteiger charge is -2.16. The van der Waals surface area contributed by atoms with Crippen molar-refractivity contribution >= 4 is 17.5 Å². The van der Waals surface area contributed by atoms with E-state index in [1.165, 1.54) is 64.7 Å². The summed E-state index contributed by atoms with van der Waals surface area (Å²) in [6.45, 7) is 1.46. The van der Waals surface area contributed by atoms with Crippen molar-refractivity contribution in [2.45, 2.75) is 13.0 Å². The van der Waals surface area contributed by atoms with Gasteiger partial charge in [-0.25, -0.2) is 0 Å². The number of hydrogen-bond donors (Lipinski definition) is 2. The number of amides is 2. The van der Waals surface area contributed by atoms with Crippen LogP contribution in [0.2, 0.25) is 0 Å². The zero-order chi connectivity index (χ0) is 22.3. The smallest absolute Gasteiger partial charge is 0.279 e. The summed E-state index contributed by atoms with van der Waals surface area (Å²) in [7, 11) is 4.27. The van der Waals surface area contributed by atoms with E-state index in [4.69, 9.17) is 18.9 Å². The van der Waals surface area contributed by atoms with Crippen LogP contribution in [0.4, 0.5) is 5.69 Å². The van der Waals surface area contributed by atoms with Crippen LogP contribution >= 0.6 is 0 Å². The molecule has 0 aromatic heterocycles. The lowest BCUT2D eigenvalue weighted by Crippen LogP contribution is -2.47. The van der Waals surface area contributed by atoms with Gasteiger partial charge in [-0.2, -0.15) is 0 Å². The Balaban J connectivity index is 1.99. The number of methoxy groups -OCH3 is 3. The van der Waals surface area contributed by atoms with Crippen LogP contribution in [0.1, 0.15) is 17.3 Å². The van der Waals surface area contributed by atoms with E-state index in [1.807, 2.05) is 0 Å². The maximum atomic E-state index is 12.4. The van der Waals surface area contributed by atoms with Gasteiger partial charge in [-0.15, -0.1) is 0 Å². The molecule has 2 aromatic carbocycles. The molecule has 1 unspecified atom stereocenters. The summed E-state index contributed by atoms with van der Waals surface area (Å²) in [6.07, 6.45) is -0.980. The highest BCUT2D eigenvalue weighted by Gasteiger charge is 2.19. The molecule has 2 rings (SSSR count). The molecule has 0 radical (unpaired) electrons. The average molecular weight is 419 g/mol. The summed E-state index contributed by atoms with van der Waals surface area (Å²) >= 11 is 0. The van der Waals surface area contributed by atoms with Crippen molar-refractivity contribution in [3.63, 3.8) is 0 Å². The summed E-state index contributed by atoms with van der Waals surface area (Å²) in [6, 6.07) is 8.12. The van der Waals surface area contributed by atoms with Crippen LogP contribution in [0.5, 0.6) is 23.0 Å². The van der Waals surface area contributed by atoms with Crippen molar-refractivity contribution in [3.05, 3.63) is 52.1 Å². The molecule has 11 nitrogen and oxygen atoms in total. The number of nitro groups is 1. The first-order chi connectivity index (χ1) is 14.3. The van der Waals surface area contributed by atoms with Crippen molar-refractivity contribution in [2.75, 3.05) is 21.3 Å². The van der Waals surface area contributed by atoms with Gasteiger partial charge in [0.25, 0.3) is 17.5 Å². The predicted molar refractivity (Wildman–Crippen MR) is 105 cm³/mol. The number of non-ortho nitro benzene ring substituents is 1. The number of nitrogens with zero attached hydrogens (tertiary/aromatic N) is 1. The van der Waals surface area contributed by atoms with E-state index in [0.717, 1.165) is 0 Å². The van der Waals surface area contributed by atoms with Crippen LogP contribution in [-0.4, -0.2) is 44.2 Å². The Bertz CT molecular complexity index is 905. The van der Waals surface area contributed by atoms with Gasteiger partial charge in [0.15, 0.2) is 17.6 Å². The molecular weight excluding hydrogens is 398 g/mol. The van der Waals surface area contributed by atoms with Crippen molar-refractivity contribution in [1.82, 2.24) is 10.9 Å². The molecular formula is C19H21N3O8. The Morgan fingerprint density at radius 1 is 0.967 bits per heavy atom. The normalized spacial score (nSPS) is 11.1. The Labute approximate surface area is 172 Å². The number of hydrogen-bond acceptors (Lipinski definition) is 8. The van der Waals surface area contributed by atoms with Gasteiger partial charge in [0, 0.05) is 17.7 Å². The molecule has 0 aliphatic heterocycles. The predicted octanol–water partition coefficient (Wildman–Crippen LogP) is 1.85. The van der Waals surface area contributed by atoms with Crippen LogP contribution in [0, 0.1) is 10.1 Å². The van der Waals surface area contributed by atoms with Gasteiger partial charge in [0.2, 0.25) is 5.75 Å². The molecule has 11 heteroatoms. The number of ether oxygens (including phenoxy) is 4. The lowest BCUT2D eigenvalue weighted by atomic mass is 10.1. The molecule has 160 valence electrons. The molecule has 0 saturated carbocycles. The Kier molecular flexibility index (Phi) is 7.39. The van der Waals surface area contributed by atoms with Crippen molar-refractivity contribution < 1.29 is 33.5 Å². The van der Waals surface area contributed by atoms with Gasteiger partial charge < -0.3 is 18.9 Å². The highest BCUT2D eigenvalue weighted by Crippen LogP contribution is 2.38. The maximum Gasteiger partial charge on any atom is 0.279 e. The van der Waals surface area contributed by atoms with E-state index in [0.29, 0.717) is 5.75 Å². The fourth-order valence-corrected chi connectivity index (χ4v) is 2.41. The summed E-state index contributed by atoms with van der Waals surface area (Å²) in [4.78, 5) is 34.7. The second-order valence-corrected chi connectivity index (χ2v) is 5.87. The fraction of sp³-hybridized carbons (Fsp3) is 0.263. The number of hydrazine groups is 1. The summed E-state index contributed by atoms with van der Waals surface area (Å²) in [5.41, 5.74) is 4.58. The zero-order valence-electron chi connectivity index (χ0n) is 16.8. The SMILES string of the molecule is COc1cc(C(=O)NNC(=O)C(C)Oc2ccc([N+](=O)[O-])cc2)cc(OC)c1OC. The monoisotopic (exact) mass is 419 g/mol.